The molecule has 1 aliphatic heterocycles. The van der Waals surface area contributed by atoms with E-state index >= 15 is 0 Å². The molecular weight excluding hydrogens is 264 g/mol. The number of fused-ring (bicyclic) bond motifs is 2. The molecule has 0 aliphatic carbocycles. The molecule has 0 bridgehead atoms. The van der Waals surface area contributed by atoms with E-state index < -0.39 is 6.29 Å². The Morgan fingerprint density at radius 2 is 1.62 bits per heavy atom. The maximum absolute atomic E-state index is 10.0. The normalized spacial score (nSPS) is 17.8. The van der Waals surface area contributed by atoms with Gasteiger partial charge in [-0.1, -0.05) is 42.5 Å². The third-order valence-corrected chi connectivity index (χ3v) is 4.38. The number of aliphatic hydroxyl groups is 1. The van der Waals surface area contributed by atoms with Crippen LogP contribution in [0.25, 0.3) is 32.3 Å². The van der Waals surface area contributed by atoms with Crippen LogP contribution in [0.15, 0.2) is 48.5 Å². The van der Waals surface area contributed by atoms with E-state index in [1.807, 2.05) is 30.3 Å². The van der Waals surface area contributed by atoms with Gasteiger partial charge in [-0.3, -0.25) is 4.74 Å². The first-order chi connectivity index (χ1) is 10.2. The predicted molar refractivity (Wildman–Crippen MR) is 82.2 cm³/mol. The highest BCUT2D eigenvalue weighted by atomic mass is 16.6. The summed E-state index contributed by atoms with van der Waals surface area (Å²) >= 11 is 0. The summed E-state index contributed by atoms with van der Waals surface area (Å²) in [6.45, 7) is 0. The summed E-state index contributed by atoms with van der Waals surface area (Å²) in [6.07, 6.45) is -1.10. The summed E-state index contributed by atoms with van der Waals surface area (Å²) in [7, 11) is 0. The molecule has 4 aromatic rings. The second-order valence-electron chi connectivity index (χ2n) is 5.47. The lowest BCUT2D eigenvalue weighted by atomic mass is 9.90. The largest absolute Gasteiger partial charge is 0.521 e. The van der Waals surface area contributed by atoms with Gasteiger partial charge in [0.25, 0.3) is 0 Å². The summed E-state index contributed by atoms with van der Waals surface area (Å²) in [5, 5.41) is 16.5. The highest BCUT2D eigenvalue weighted by molar-refractivity contribution is 6.26. The van der Waals surface area contributed by atoms with Gasteiger partial charge < -0.3 is 9.90 Å². The van der Waals surface area contributed by atoms with Gasteiger partial charge in [-0.15, -0.1) is 0 Å². The molecule has 0 saturated carbocycles. The number of ether oxygens (including phenoxy) is 1. The van der Waals surface area contributed by atoms with Crippen molar-refractivity contribution in [2.24, 2.45) is 0 Å². The van der Waals surface area contributed by atoms with E-state index in [-0.39, 0.29) is 5.97 Å². The fraction of sp³-hybridized carbons (Fsp3) is 0.0556. The first-order valence-electron chi connectivity index (χ1n) is 6.85. The molecule has 100 valence electrons. The monoisotopic (exact) mass is 275 g/mol. The summed E-state index contributed by atoms with van der Waals surface area (Å²) in [5.74, 6) is -0.199. The molecule has 0 saturated heterocycles. The van der Waals surface area contributed by atoms with Gasteiger partial charge in [0.1, 0.15) is 5.56 Å². The summed E-state index contributed by atoms with van der Waals surface area (Å²) in [4.78, 5) is 10.0. The maximum Gasteiger partial charge on any atom is 0.521 e. The topological polar surface area (TPSA) is 50.9 Å². The number of esters is 1. The van der Waals surface area contributed by atoms with Crippen LogP contribution in [0.4, 0.5) is 0 Å². The van der Waals surface area contributed by atoms with Crippen LogP contribution in [0.5, 0.6) is 0 Å². The Labute approximate surface area is 119 Å². The number of hydrogen-bond donors (Lipinski definition) is 1. The standard InChI is InChI=1S/C18H10O3/c19-17-13-8-11-5-4-9-2-1-3-10-6-7-12(15(11)14(9)10)16(13)18(20)21-17/h1-8,17,19H/p+1. The van der Waals surface area contributed by atoms with Crippen molar-refractivity contribution >= 4 is 38.3 Å². The van der Waals surface area contributed by atoms with E-state index in [0.29, 0.717) is 11.1 Å². The van der Waals surface area contributed by atoms with Crippen LogP contribution in [0, 0.1) is 0 Å². The van der Waals surface area contributed by atoms with Crippen molar-refractivity contribution in [2.75, 3.05) is 0 Å². The van der Waals surface area contributed by atoms with Crippen LogP contribution in [-0.2, 0) is 4.74 Å². The lowest BCUT2D eigenvalue weighted by molar-refractivity contribution is -0.0244. The molecule has 5 rings (SSSR count). The van der Waals surface area contributed by atoms with E-state index in [1.54, 1.807) is 0 Å². The van der Waals surface area contributed by atoms with E-state index in [0.717, 1.165) is 16.2 Å². The highest BCUT2D eigenvalue weighted by Gasteiger charge is 2.40. The van der Waals surface area contributed by atoms with Crippen LogP contribution in [0.3, 0.4) is 0 Å². The van der Waals surface area contributed by atoms with E-state index in [9.17, 15) is 9.90 Å². The third kappa shape index (κ3) is 1.24. The molecule has 0 fully saturated rings. The lowest BCUT2D eigenvalue weighted by Gasteiger charge is -2.11. The Morgan fingerprint density at radius 1 is 0.905 bits per heavy atom. The van der Waals surface area contributed by atoms with Gasteiger partial charge in [0.2, 0.25) is 0 Å². The number of benzene rings is 4. The van der Waals surface area contributed by atoms with Crippen molar-refractivity contribution in [3.05, 3.63) is 59.7 Å². The van der Waals surface area contributed by atoms with Crippen molar-refractivity contribution in [3.8, 4) is 0 Å². The quantitative estimate of drug-likeness (QED) is 0.303. The summed E-state index contributed by atoms with van der Waals surface area (Å²) < 4.78 is 5.07. The SMILES string of the molecule is OC1OC(=[OH+])c2c1cc1ccc3cccc4ccc2c1c34. The van der Waals surface area contributed by atoms with Gasteiger partial charge in [-0.2, -0.15) is 0 Å². The second-order valence-corrected chi connectivity index (χ2v) is 5.47. The smallest absolute Gasteiger partial charge is 0.335 e. The van der Waals surface area contributed by atoms with E-state index in [2.05, 4.69) is 18.2 Å². The molecule has 2 N–H and O–H groups in total. The number of rotatable bonds is 0. The Balaban J connectivity index is 2.13. The summed E-state index contributed by atoms with van der Waals surface area (Å²) in [6, 6.07) is 16.3. The average molecular weight is 275 g/mol. The number of aliphatic hydroxyl groups excluding tert-OH is 1. The molecule has 0 spiro atoms. The third-order valence-electron chi connectivity index (χ3n) is 4.38. The van der Waals surface area contributed by atoms with Gasteiger partial charge in [0.15, 0.2) is 0 Å². The molecular formula is C18H11O3+. The number of carbonyl (C=O) groups excluding carboxylic acids is 1. The van der Waals surface area contributed by atoms with Crippen molar-refractivity contribution < 1.29 is 14.6 Å². The molecule has 1 unspecified atom stereocenters. The molecule has 3 nitrogen and oxygen atoms in total. The zero-order valence-electron chi connectivity index (χ0n) is 11.0. The Hall–Kier alpha value is -2.65. The van der Waals surface area contributed by atoms with Crippen molar-refractivity contribution in [2.45, 2.75) is 6.29 Å². The maximum atomic E-state index is 10.0. The average Bonchev–Trinajstić information content (AvgIpc) is 2.79. The van der Waals surface area contributed by atoms with Crippen LogP contribution < -0.4 is 0 Å². The van der Waals surface area contributed by atoms with Crippen molar-refractivity contribution in [1.82, 2.24) is 0 Å². The van der Waals surface area contributed by atoms with Gasteiger partial charge in [0.05, 0.1) is 5.56 Å². The molecule has 1 aliphatic rings. The summed E-state index contributed by atoms with van der Waals surface area (Å²) in [5.41, 5.74) is 1.23. The minimum absolute atomic E-state index is 0.199. The van der Waals surface area contributed by atoms with Crippen LogP contribution in [0.1, 0.15) is 17.4 Å². The van der Waals surface area contributed by atoms with Crippen LogP contribution in [0.2, 0.25) is 0 Å². The lowest BCUT2D eigenvalue weighted by Crippen LogP contribution is -1.98. The minimum atomic E-state index is -1.10. The van der Waals surface area contributed by atoms with Crippen LogP contribution in [-0.4, -0.2) is 15.9 Å². The molecule has 0 radical (unpaired) electrons. The highest BCUT2D eigenvalue weighted by Crippen LogP contribution is 2.41. The number of hydrogen-bond acceptors (Lipinski definition) is 2. The molecule has 3 heteroatoms. The molecule has 0 amide bonds. The zero-order valence-corrected chi connectivity index (χ0v) is 11.0. The van der Waals surface area contributed by atoms with Crippen LogP contribution >= 0.6 is 0 Å². The predicted octanol–water partition coefficient (Wildman–Crippen LogP) is 3.46. The van der Waals surface area contributed by atoms with Crippen molar-refractivity contribution in [3.63, 3.8) is 0 Å². The molecule has 1 atom stereocenters. The fourth-order valence-corrected chi connectivity index (χ4v) is 3.49. The van der Waals surface area contributed by atoms with E-state index in [4.69, 9.17) is 4.74 Å². The molecule has 0 aromatic heterocycles. The van der Waals surface area contributed by atoms with Crippen molar-refractivity contribution in [1.29, 1.82) is 0 Å². The van der Waals surface area contributed by atoms with E-state index in [1.165, 1.54) is 16.2 Å². The first-order valence-corrected chi connectivity index (χ1v) is 6.85. The van der Waals surface area contributed by atoms with Gasteiger partial charge in [-0.25, -0.2) is 0 Å². The molecule has 4 aromatic carbocycles. The number of cyclic esters (lactones) is 1. The first kappa shape index (κ1) is 11.1. The molecule has 21 heavy (non-hydrogen) atoms. The van der Waals surface area contributed by atoms with Gasteiger partial charge >= 0.3 is 12.3 Å². The zero-order chi connectivity index (χ0) is 14.1. The second kappa shape index (κ2) is 3.51. The fourth-order valence-electron chi connectivity index (χ4n) is 3.49. The minimum Gasteiger partial charge on any atom is -0.335 e. The Kier molecular flexibility index (Phi) is 1.85. The van der Waals surface area contributed by atoms with Gasteiger partial charge in [-0.05, 0) is 33.0 Å². The Bertz CT molecular complexity index is 1030. The van der Waals surface area contributed by atoms with Gasteiger partial charge in [0, 0.05) is 5.39 Å². The Morgan fingerprint density at radius 3 is 2.43 bits per heavy atom. The molecule has 1 heterocycles.